The molecule has 0 fully saturated rings. The van der Waals surface area contributed by atoms with E-state index in [9.17, 15) is 9.18 Å². The van der Waals surface area contributed by atoms with Gasteiger partial charge in [0.15, 0.2) is 0 Å². The highest BCUT2D eigenvalue weighted by atomic mass is 19.1. The summed E-state index contributed by atoms with van der Waals surface area (Å²) < 4.78 is 26.3. The van der Waals surface area contributed by atoms with Crippen molar-refractivity contribution in [2.45, 2.75) is 19.8 Å². The monoisotopic (exact) mass is 393 g/mol. The number of hydrogen-bond acceptors (Lipinski definition) is 5. The molecule has 0 aliphatic carbocycles. The maximum Gasteiger partial charge on any atom is 0.340 e. The molecule has 0 amide bonds. The number of aromatic nitrogens is 2. The molecule has 2 aromatic carbocycles. The van der Waals surface area contributed by atoms with E-state index in [1.54, 1.807) is 23.7 Å². The van der Waals surface area contributed by atoms with Crippen molar-refractivity contribution in [2.24, 2.45) is 5.73 Å². The van der Waals surface area contributed by atoms with Crippen LogP contribution in [0.5, 0.6) is 5.88 Å². The van der Waals surface area contributed by atoms with Gasteiger partial charge >= 0.3 is 5.97 Å². The fraction of sp³-hybridized carbons (Fsp3) is 0.182. The average Bonchev–Trinajstić information content (AvgIpc) is 3.04. The summed E-state index contributed by atoms with van der Waals surface area (Å²) in [5.41, 5.74) is 9.21. The van der Waals surface area contributed by atoms with E-state index in [1.165, 1.54) is 12.1 Å². The van der Waals surface area contributed by atoms with E-state index < -0.39 is 11.9 Å². The standard InChI is InChI=1S/C22H20FN3O3/c1-3-28-22(27)19-18(14-9-11-15(23)12-10-14)17-13(2)25-26(21(17)29-20(19)24)16-7-5-4-6-8-16/h4-12,18H,3,24H2,1-2H3/t18-/m0/s1. The van der Waals surface area contributed by atoms with Crippen LogP contribution in [0.15, 0.2) is 66.1 Å². The summed E-state index contributed by atoms with van der Waals surface area (Å²) in [6, 6.07) is 15.4. The third-order valence-corrected chi connectivity index (χ3v) is 4.81. The molecule has 0 saturated carbocycles. The lowest BCUT2D eigenvalue weighted by Crippen LogP contribution is -2.28. The number of fused-ring (bicyclic) bond motifs is 1. The van der Waals surface area contributed by atoms with Gasteiger partial charge in [-0.25, -0.2) is 13.9 Å². The van der Waals surface area contributed by atoms with Crippen molar-refractivity contribution in [1.29, 1.82) is 0 Å². The van der Waals surface area contributed by atoms with Crippen LogP contribution in [0.3, 0.4) is 0 Å². The van der Waals surface area contributed by atoms with Crippen LogP contribution in [-0.4, -0.2) is 22.4 Å². The maximum absolute atomic E-state index is 13.5. The van der Waals surface area contributed by atoms with Crippen LogP contribution in [0.4, 0.5) is 4.39 Å². The van der Waals surface area contributed by atoms with Crippen LogP contribution in [0, 0.1) is 12.7 Å². The Morgan fingerprint density at radius 3 is 2.55 bits per heavy atom. The molecule has 6 nitrogen and oxygen atoms in total. The van der Waals surface area contributed by atoms with E-state index in [2.05, 4.69) is 5.10 Å². The molecule has 0 spiro atoms. The van der Waals surface area contributed by atoms with Crippen molar-refractivity contribution in [3.63, 3.8) is 0 Å². The van der Waals surface area contributed by atoms with Gasteiger partial charge in [0.25, 0.3) is 0 Å². The number of esters is 1. The molecule has 1 aromatic heterocycles. The molecule has 1 aliphatic rings. The quantitative estimate of drug-likeness (QED) is 0.686. The Morgan fingerprint density at radius 1 is 1.21 bits per heavy atom. The zero-order valence-corrected chi connectivity index (χ0v) is 16.1. The smallest absolute Gasteiger partial charge is 0.340 e. The number of rotatable bonds is 4. The zero-order valence-electron chi connectivity index (χ0n) is 16.1. The van der Waals surface area contributed by atoms with Gasteiger partial charge in [0, 0.05) is 0 Å². The third kappa shape index (κ3) is 3.24. The zero-order chi connectivity index (χ0) is 20.5. The molecule has 0 unspecified atom stereocenters. The van der Waals surface area contributed by atoms with Crippen LogP contribution in [0.2, 0.25) is 0 Å². The van der Waals surface area contributed by atoms with Gasteiger partial charge in [-0.1, -0.05) is 30.3 Å². The van der Waals surface area contributed by atoms with Crippen molar-refractivity contribution < 1.29 is 18.7 Å². The van der Waals surface area contributed by atoms with Crippen molar-refractivity contribution >= 4 is 5.97 Å². The molecule has 7 heteroatoms. The highest BCUT2D eigenvalue weighted by Gasteiger charge is 2.39. The summed E-state index contributed by atoms with van der Waals surface area (Å²) >= 11 is 0. The summed E-state index contributed by atoms with van der Waals surface area (Å²) in [7, 11) is 0. The Kier molecular flexibility index (Phi) is 4.80. The second-order valence-corrected chi connectivity index (χ2v) is 6.64. The van der Waals surface area contributed by atoms with E-state index in [1.807, 2.05) is 37.3 Å². The number of carbonyl (C=O) groups excluding carboxylic acids is 1. The predicted molar refractivity (Wildman–Crippen MR) is 105 cm³/mol. The number of carbonyl (C=O) groups is 1. The predicted octanol–water partition coefficient (Wildman–Crippen LogP) is 3.58. The van der Waals surface area contributed by atoms with Crippen molar-refractivity contribution in [2.75, 3.05) is 6.61 Å². The lowest BCUT2D eigenvalue weighted by molar-refractivity contribution is -0.139. The second-order valence-electron chi connectivity index (χ2n) is 6.64. The number of halogens is 1. The number of ether oxygens (including phenoxy) is 2. The first-order valence-corrected chi connectivity index (χ1v) is 9.26. The SMILES string of the molecule is CCOC(=O)C1=C(N)Oc2c(c(C)nn2-c2ccccc2)[C@@H]1c1ccc(F)cc1. The Bertz CT molecular complexity index is 1090. The topological polar surface area (TPSA) is 79.4 Å². The Hall–Kier alpha value is -3.61. The highest BCUT2D eigenvalue weighted by Crippen LogP contribution is 2.45. The summed E-state index contributed by atoms with van der Waals surface area (Å²) in [5, 5.41) is 4.61. The summed E-state index contributed by atoms with van der Waals surface area (Å²) in [6.07, 6.45) is 0. The molecule has 148 valence electrons. The van der Waals surface area contributed by atoms with E-state index >= 15 is 0 Å². The third-order valence-electron chi connectivity index (χ3n) is 4.81. The number of nitrogens with two attached hydrogens (primary N) is 1. The summed E-state index contributed by atoms with van der Waals surface area (Å²) in [5.74, 6) is -1.16. The molecule has 0 radical (unpaired) electrons. The molecule has 1 atom stereocenters. The van der Waals surface area contributed by atoms with Gasteiger partial charge in [-0.2, -0.15) is 5.10 Å². The van der Waals surface area contributed by atoms with Crippen molar-refractivity contribution in [3.05, 3.63) is 88.7 Å². The molecular formula is C22H20FN3O3. The minimum atomic E-state index is -0.587. The molecule has 0 saturated heterocycles. The number of aryl methyl sites for hydroxylation is 1. The Labute approximate surface area is 167 Å². The highest BCUT2D eigenvalue weighted by molar-refractivity contribution is 5.92. The lowest BCUT2D eigenvalue weighted by Gasteiger charge is -2.27. The first-order chi connectivity index (χ1) is 14.0. The summed E-state index contributed by atoms with van der Waals surface area (Å²) in [4.78, 5) is 12.7. The minimum absolute atomic E-state index is 0.0534. The van der Waals surface area contributed by atoms with Crippen LogP contribution < -0.4 is 10.5 Å². The lowest BCUT2D eigenvalue weighted by atomic mass is 9.83. The molecule has 0 bridgehead atoms. The fourth-order valence-corrected chi connectivity index (χ4v) is 3.55. The molecule has 29 heavy (non-hydrogen) atoms. The first-order valence-electron chi connectivity index (χ1n) is 9.26. The molecular weight excluding hydrogens is 373 g/mol. The van der Waals surface area contributed by atoms with E-state index in [0.29, 0.717) is 22.7 Å². The van der Waals surface area contributed by atoms with Crippen LogP contribution in [0.25, 0.3) is 5.69 Å². The Morgan fingerprint density at radius 2 is 1.90 bits per heavy atom. The van der Waals surface area contributed by atoms with Crippen molar-refractivity contribution in [1.82, 2.24) is 9.78 Å². The number of para-hydroxylation sites is 1. The van der Waals surface area contributed by atoms with E-state index in [0.717, 1.165) is 5.69 Å². The second kappa shape index (κ2) is 7.43. The van der Waals surface area contributed by atoms with Crippen molar-refractivity contribution in [3.8, 4) is 11.6 Å². The van der Waals surface area contributed by atoms with Crippen LogP contribution in [-0.2, 0) is 9.53 Å². The minimum Gasteiger partial charge on any atom is -0.462 e. The number of benzene rings is 2. The van der Waals surface area contributed by atoms with Crippen LogP contribution in [0.1, 0.15) is 29.7 Å². The molecule has 1 aliphatic heterocycles. The fourth-order valence-electron chi connectivity index (χ4n) is 3.55. The molecule has 3 aromatic rings. The van der Waals surface area contributed by atoms with Gasteiger partial charge in [-0.05, 0) is 43.7 Å². The van der Waals surface area contributed by atoms with Gasteiger partial charge in [-0.15, -0.1) is 0 Å². The summed E-state index contributed by atoms with van der Waals surface area (Å²) in [6.45, 7) is 3.75. The van der Waals surface area contributed by atoms with Crippen LogP contribution >= 0.6 is 0 Å². The number of hydrogen-bond donors (Lipinski definition) is 1. The van der Waals surface area contributed by atoms with Gasteiger partial charge in [0.05, 0.1) is 29.5 Å². The normalized spacial score (nSPS) is 15.6. The maximum atomic E-state index is 13.5. The van der Waals surface area contributed by atoms with Gasteiger partial charge in [0.1, 0.15) is 11.4 Å². The first kappa shape index (κ1) is 18.7. The van der Waals surface area contributed by atoms with E-state index in [4.69, 9.17) is 15.2 Å². The van der Waals surface area contributed by atoms with Gasteiger partial charge < -0.3 is 15.2 Å². The molecule has 2 heterocycles. The van der Waals surface area contributed by atoms with Gasteiger partial charge in [0.2, 0.25) is 11.8 Å². The molecule has 4 rings (SSSR count). The Balaban J connectivity index is 1.94. The van der Waals surface area contributed by atoms with Gasteiger partial charge in [-0.3, -0.25) is 0 Å². The van der Waals surface area contributed by atoms with E-state index in [-0.39, 0.29) is 23.9 Å². The molecule has 2 N–H and O–H groups in total. The largest absolute Gasteiger partial charge is 0.462 e. The average molecular weight is 393 g/mol. The number of nitrogens with zero attached hydrogens (tertiary/aromatic N) is 2.